The molecule has 2 nitrogen and oxygen atoms in total. The standard InChI is InChI=1S/C8H6ClNO/c1-5-2-3-6(4-10)7(9)8(5)11/h2-3,11H,1H3. The predicted octanol–water partition coefficient (Wildman–Crippen LogP) is 2.23. The lowest BCUT2D eigenvalue weighted by molar-refractivity contribution is 0.471. The summed E-state index contributed by atoms with van der Waals surface area (Å²) in [6.45, 7) is 1.72. The molecule has 0 aliphatic carbocycles. The van der Waals surface area contributed by atoms with Gasteiger partial charge in [-0.05, 0) is 18.6 Å². The molecule has 0 amide bonds. The Hall–Kier alpha value is -1.20. The number of aryl methyl sites for hydroxylation is 1. The van der Waals surface area contributed by atoms with Crippen LogP contribution in [0.2, 0.25) is 5.02 Å². The highest BCUT2D eigenvalue weighted by Crippen LogP contribution is 2.29. The van der Waals surface area contributed by atoms with Crippen molar-refractivity contribution >= 4 is 11.6 Å². The van der Waals surface area contributed by atoms with E-state index >= 15 is 0 Å². The van der Waals surface area contributed by atoms with Gasteiger partial charge in [0.15, 0.2) is 0 Å². The van der Waals surface area contributed by atoms with Crippen LogP contribution in [0.3, 0.4) is 0 Å². The Bertz CT molecular complexity index is 328. The van der Waals surface area contributed by atoms with E-state index in [0.29, 0.717) is 11.1 Å². The van der Waals surface area contributed by atoms with Crippen molar-refractivity contribution in [3.63, 3.8) is 0 Å². The Morgan fingerprint density at radius 2 is 2.18 bits per heavy atom. The van der Waals surface area contributed by atoms with Crippen LogP contribution in [-0.2, 0) is 0 Å². The molecular formula is C8H6ClNO. The van der Waals surface area contributed by atoms with Gasteiger partial charge in [0.25, 0.3) is 0 Å². The van der Waals surface area contributed by atoms with E-state index in [1.807, 2.05) is 6.07 Å². The fraction of sp³-hybridized carbons (Fsp3) is 0.125. The van der Waals surface area contributed by atoms with Crippen LogP contribution in [0, 0.1) is 18.3 Å². The maximum Gasteiger partial charge on any atom is 0.138 e. The predicted molar refractivity (Wildman–Crippen MR) is 42.6 cm³/mol. The first kappa shape index (κ1) is 7.90. The monoisotopic (exact) mass is 167 g/mol. The van der Waals surface area contributed by atoms with Crippen LogP contribution in [0.15, 0.2) is 12.1 Å². The number of hydrogen-bond donors (Lipinski definition) is 1. The zero-order valence-electron chi connectivity index (χ0n) is 5.93. The van der Waals surface area contributed by atoms with Crippen molar-refractivity contribution in [1.82, 2.24) is 0 Å². The molecule has 1 aromatic carbocycles. The van der Waals surface area contributed by atoms with Crippen molar-refractivity contribution in [3.8, 4) is 11.8 Å². The van der Waals surface area contributed by atoms with Gasteiger partial charge in [-0.2, -0.15) is 5.26 Å². The topological polar surface area (TPSA) is 44.0 Å². The summed E-state index contributed by atoms with van der Waals surface area (Å²) in [7, 11) is 0. The number of phenolic OH excluding ortho intramolecular Hbond substituents is 1. The average molecular weight is 168 g/mol. The van der Waals surface area contributed by atoms with Gasteiger partial charge in [-0.25, -0.2) is 0 Å². The van der Waals surface area contributed by atoms with E-state index in [1.54, 1.807) is 19.1 Å². The molecule has 0 unspecified atom stereocenters. The second-order valence-corrected chi connectivity index (χ2v) is 2.58. The van der Waals surface area contributed by atoms with Crippen LogP contribution in [0.25, 0.3) is 0 Å². The van der Waals surface area contributed by atoms with E-state index in [1.165, 1.54) is 0 Å². The molecule has 3 heteroatoms. The molecule has 0 aromatic heterocycles. The number of aromatic hydroxyl groups is 1. The first-order valence-electron chi connectivity index (χ1n) is 3.05. The molecule has 0 saturated heterocycles. The number of halogens is 1. The van der Waals surface area contributed by atoms with Gasteiger partial charge < -0.3 is 5.11 Å². The molecular weight excluding hydrogens is 162 g/mol. The number of benzene rings is 1. The lowest BCUT2D eigenvalue weighted by atomic mass is 10.1. The SMILES string of the molecule is Cc1ccc(C#N)c(Cl)c1O. The van der Waals surface area contributed by atoms with Gasteiger partial charge in [0, 0.05) is 0 Å². The largest absolute Gasteiger partial charge is 0.506 e. The van der Waals surface area contributed by atoms with E-state index in [-0.39, 0.29) is 10.8 Å². The van der Waals surface area contributed by atoms with E-state index in [9.17, 15) is 5.11 Å². The molecule has 1 N–H and O–H groups in total. The van der Waals surface area contributed by atoms with Crippen molar-refractivity contribution in [1.29, 1.82) is 5.26 Å². The maximum absolute atomic E-state index is 9.24. The molecule has 0 radical (unpaired) electrons. The van der Waals surface area contributed by atoms with Crippen LogP contribution < -0.4 is 0 Å². The molecule has 1 aromatic rings. The third kappa shape index (κ3) is 1.28. The lowest BCUT2D eigenvalue weighted by Crippen LogP contribution is -1.80. The van der Waals surface area contributed by atoms with Gasteiger partial charge in [0.1, 0.15) is 16.8 Å². The van der Waals surface area contributed by atoms with Crippen LogP contribution >= 0.6 is 11.6 Å². The third-order valence-corrected chi connectivity index (χ3v) is 1.82. The number of hydrogen-bond acceptors (Lipinski definition) is 2. The number of nitrogens with zero attached hydrogens (tertiary/aromatic N) is 1. The molecule has 0 aliphatic rings. The highest BCUT2D eigenvalue weighted by Gasteiger charge is 2.06. The van der Waals surface area contributed by atoms with Gasteiger partial charge in [-0.3, -0.25) is 0 Å². The molecule has 0 heterocycles. The minimum atomic E-state index is -0.00860. The minimum absolute atomic E-state index is 0.00860. The Morgan fingerprint density at radius 3 is 2.73 bits per heavy atom. The molecule has 0 spiro atoms. The third-order valence-electron chi connectivity index (χ3n) is 1.44. The van der Waals surface area contributed by atoms with E-state index in [4.69, 9.17) is 16.9 Å². The summed E-state index contributed by atoms with van der Waals surface area (Å²) < 4.78 is 0. The van der Waals surface area contributed by atoms with Crippen LogP contribution in [0.1, 0.15) is 11.1 Å². The van der Waals surface area contributed by atoms with Gasteiger partial charge in [-0.1, -0.05) is 17.7 Å². The second-order valence-electron chi connectivity index (χ2n) is 2.20. The van der Waals surface area contributed by atoms with Crippen molar-refractivity contribution < 1.29 is 5.11 Å². The van der Waals surface area contributed by atoms with Gasteiger partial charge >= 0.3 is 0 Å². The molecule has 1 rings (SSSR count). The van der Waals surface area contributed by atoms with Crippen molar-refractivity contribution in [2.75, 3.05) is 0 Å². The summed E-state index contributed by atoms with van der Waals surface area (Å²) in [5.74, 6) is -0.00860. The van der Waals surface area contributed by atoms with Crippen molar-refractivity contribution in [2.24, 2.45) is 0 Å². The highest BCUT2D eigenvalue weighted by atomic mass is 35.5. The maximum atomic E-state index is 9.24. The Morgan fingerprint density at radius 1 is 1.55 bits per heavy atom. The van der Waals surface area contributed by atoms with Crippen LogP contribution in [-0.4, -0.2) is 5.11 Å². The quantitative estimate of drug-likeness (QED) is 0.644. The fourth-order valence-corrected chi connectivity index (χ4v) is 1.00. The van der Waals surface area contributed by atoms with Crippen molar-refractivity contribution in [3.05, 3.63) is 28.3 Å². The Kier molecular flexibility index (Phi) is 2.02. The van der Waals surface area contributed by atoms with E-state index < -0.39 is 0 Å². The molecule has 0 atom stereocenters. The summed E-state index contributed by atoms with van der Waals surface area (Å²) >= 11 is 5.63. The minimum Gasteiger partial charge on any atom is -0.506 e. The summed E-state index contributed by atoms with van der Waals surface area (Å²) in [5.41, 5.74) is 0.976. The van der Waals surface area contributed by atoms with Crippen LogP contribution in [0.5, 0.6) is 5.75 Å². The summed E-state index contributed by atoms with van der Waals surface area (Å²) in [6.07, 6.45) is 0. The molecule has 11 heavy (non-hydrogen) atoms. The first-order valence-corrected chi connectivity index (χ1v) is 3.42. The number of rotatable bonds is 0. The summed E-state index contributed by atoms with van der Waals surface area (Å²) in [5, 5.41) is 17.9. The average Bonchev–Trinajstić information content (AvgIpc) is 2.01. The zero-order chi connectivity index (χ0) is 8.43. The normalized spacial score (nSPS) is 9.18. The number of nitriles is 1. The van der Waals surface area contributed by atoms with Gasteiger partial charge in [0.2, 0.25) is 0 Å². The van der Waals surface area contributed by atoms with Gasteiger partial charge in [0.05, 0.1) is 5.56 Å². The Balaban J connectivity index is 3.40. The molecule has 0 saturated carbocycles. The smallest absolute Gasteiger partial charge is 0.138 e. The lowest BCUT2D eigenvalue weighted by Gasteiger charge is -2.00. The van der Waals surface area contributed by atoms with E-state index in [0.717, 1.165) is 0 Å². The summed E-state index contributed by atoms with van der Waals surface area (Å²) in [4.78, 5) is 0. The number of phenols is 1. The zero-order valence-corrected chi connectivity index (χ0v) is 6.68. The second kappa shape index (κ2) is 2.81. The molecule has 0 fully saturated rings. The fourth-order valence-electron chi connectivity index (χ4n) is 0.747. The molecule has 0 aliphatic heterocycles. The van der Waals surface area contributed by atoms with Crippen molar-refractivity contribution in [2.45, 2.75) is 6.92 Å². The van der Waals surface area contributed by atoms with Crippen LogP contribution in [0.4, 0.5) is 0 Å². The highest BCUT2D eigenvalue weighted by molar-refractivity contribution is 6.33. The first-order chi connectivity index (χ1) is 5.16. The Labute approximate surface area is 69.7 Å². The van der Waals surface area contributed by atoms with Gasteiger partial charge in [-0.15, -0.1) is 0 Å². The molecule has 0 bridgehead atoms. The van der Waals surface area contributed by atoms with E-state index in [2.05, 4.69) is 0 Å². The molecule has 56 valence electrons. The summed E-state index contributed by atoms with van der Waals surface area (Å²) in [6, 6.07) is 5.10.